The van der Waals surface area contributed by atoms with Gasteiger partial charge in [0.05, 0.1) is 34.0 Å². The third-order valence-corrected chi connectivity index (χ3v) is 8.40. The van der Waals surface area contributed by atoms with Gasteiger partial charge in [0.1, 0.15) is 11.6 Å². The van der Waals surface area contributed by atoms with Gasteiger partial charge >= 0.3 is 0 Å². The van der Waals surface area contributed by atoms with Gasteiger partial charge in [-0.05, 0) is 44.2 Å². The highest BCUT2D eigenvalue weighted by Crippen LogP contribution is 2.30. The normalized spacial score (nSPS) is 17.2. The Morgan fingerprint density at radius 1 is 1.23 bits per heavy atom. The lowest BCUT2D eigenvalue weighted by Gasteiger charge is -2.41. The number of nitrogens with one attached hydrogen (secondary N) is 1. The predicted octanol–water partition coefficient (Wildman–Crippen LogP) is 4.31. The van der Waals surface area contributed by atoms with Crippen molar-refractivity contribution in [3.63, 3.8) is 0 Å². The van der Waals surface area contributed by atoms with Crippen LogP contribution in [0.3, 0.4) is 0 Å². The number of benzene rings is 1. The van der Waals surface area contributed by atoms with Gasteiger partial charge in [-0.15, -0.1) is 11.3 Å². The Balaban J connectivity index is 1.27. The van der Waals surface area contributed by atoms with E-state index in [0.717, 1.165) is 29.9 Å². The molecule has 2 saturated heterocycles. The summed E-state index contributed by atoms with van der Waals surface area (Å²) in [4.78, 5) is 34.4. The number of alkyl halides is 2. The Labute approximate surface area is 234 Å². The van der Waals surface area contributed by atoms with Crippen LogP contribution in [0.1, 0.15) is 34.8 Å². The summed E-state index contributed by atoms with van der Waals surface area (Å²) in [5.41, 5.74) is 1.16. The van der Waals surface area contributed by atoms with Gasteiger partial charge in [0.15, 0.2) is 0 Å². The van der Waals surface area contributed by atoms with E-state index < -0.39 is 17.9 Å². The molecule has 0 spiro atoms. The van der Waals surface area contributed by atoms with Crippen molar-refractivity contribution in [3.8, 4) is 6.07 Å². The number of nitrogens with zero attached hydrogens (tertiary/aromatic N) is 5. The summed E-state index contributed by atoms with van der Waals surface area (Å²) in [6.45, 7) is 8.10. The van der Waals surface area contributed by atoms with Gasteiger partial charge < -0.3 is 14.2 Å². The van der Waals surface area contributed by atoms with Crippen LogP contribution in [0.2, 0.25) is 0 Å². The summed E-state index contributed by atoms with van der Waals surface area (Å²) in [6.07, 6.45) is -0.892. The Kier molecular flexibility index (Phi) is 7.98. The summed E-state index contributed by atoms with van der Waals surface area (Å²) in [5.74, 6) is -0.411. The van der Waals surface area contributed by atoms with Gasteiger partial charge in [0.25, 0.3) is 18.2 Å². The van der Waals surface area contributed by atoms with Crippen molar-refractivity contribution in [1.29, 1.82) is 5.26 Å². The van der Waals surface area contributed by atoms with Crippen molar-refractivity contribution in [2.75, 3.05) is 44.7 Å². The molecule has 2 amide bonds. The van der Waals surface area contributed by atoms with E-state index in [4.69, 9.17) is 4.74 Å². The summed E-state index contributed by atoms with van der Waals surface area (Å²) >= 11 is 0.748. The molecular formula is C28H30F2N6O3S. The zero-order chi connectivity index (χ0) is 28.4. The second-order valence-electron chi connectivity index (χ2n) is 10.5. The van der Waals surface area contributed by atoms with Crippen molar-refractivity contribution < 1.29 is 23.1 Å². The number of ether oxygens (including phenoxy) is 1. The number of imidazole rings is 1. The standard InChI is InChI=1S/C28H30F2N6O3S/c1-28(2,35-9-11-39-12-10-35)13-19(14-31)26(38)34-15-18(16-34)17-36-21-6-4-3-5-20(21)32-27(36)33-25(37)23-8-7-22(40-23)24(29)30/h3-8,13,18,24H,9-12,15-17H2,1-2H3,(H,32,33,37)/b19-13+. The minimum Gasteiger partial charge on any atom is -0.379 e. The quantitative estimate of drug-likeness (QED) is 0.321. The van der Waals surface area contributed by atoms with Crippen molar-refractivity contribution in [3.05, 3.63) is 57.8 Å². The van der Waals surface area contributed by atoms with Gasteiger partial charge in [-0.1, -0.05) is 12.1 Å². The number of likely N-dealkylation sites (tertiary alicyclic amines) is 1. The maximum absolute atomic E-state index is 13.2. The van der Waals surface area contributed by atoms with Crippen LogP contribution in [0.5, 0.6) is 0 Å². The summed E-state index contributed by atoms with van der Waals surface area (Å²) in [5, 5.41) is 12.5. The molecule has 1 N–H and O–H groups in total. The van der Waals surface area contributed by atoms with E-state index in [-0.39, 0.29) is 27.2 Å². The molecule has 5 rings (SSSR count). The fourth-order valence-corrected chi connectivity index (χ4v) is 5.88. The van der Waals surface area contributed by atoms with E-state index in [1.807, 2.05) is 42.7 Å². The number of morpholine rings is 1. The zero-order valence-corrected chi connectivity index (χ0v) is 23.1. The monoisotopic (exact) mass is 568 g/mol. The average molecular weight is 569 g/mol. The van der Waals surface area contributed by atoms with Gasteiger partial charge in [-0.25, -0.2) is 13.8 Å². The van der Waals surface area contributed by atoms with Gasteiger partial charge in [-0.3, -0.25) is 19.8 Å². The first-order valence-corrected chi connectivity index (χ1v) is 13.9. The number of amides is 2. The van der Waals surface area contributed by atoms with Crippen LogP contribution in [0, 0.1) is 17.2 Å². The highest BCUT2D eigenvalue weighted by Gasteiger charge is 2.35. The average Bonchev–Trinajstić information content (AvgIpc) is 3.55. The lowest BCUT2D eigenvalue weighted by atomic mass is 9.95. The summed E-state index contributed by atoms with van der Waals surface area (Å²) in [6, 6.07) is 12.2. The number of nitriles is 1. The molecular weight excluding hydrogens is 538 g/mol. The van der Waals surface area contributed by atoms with Crippen molar-refractivity contribution >= 4 is 40.1 Å². The minimum atomic E-state index is -2.64. The Bertz CT molecular complexity index is 1480. The molecule has 0 bridgehead atoms. The first kappa shape index (κ1) is 27.9. The summed E-state index contributed by atoms with van der Waals surface area (Å²) in [7, 11) is 0. The molecule has 3 aromatic rings. The SMILES string of the molecule is CC(C)(/C=C(\C#N)C(=O)N1CC(Cn2c(NC(=O)c3ccc(C(F)F)s3)nc3ccccc32)C1)N1CCOCC1. The molecule has 210 valence electrons. The van der Waals surface area contributed by atoms with E-state index in [0.29, 0.717) is 44.3 Å². The minimum absolute atomic E-state index is 0.0802. The lowest BCUT2D eigenvalue weighted by Crippen LogP contribution is -2.52. The number of hydrogen-bond acceptors (Lipinski definition) is 7. The largest absolute Gasteiger partial charge is 0.379 e. The molecule has 9 nitrogen and oxygen atoms in total. The molecule has 0 radical (unpaired) electrons. The number of aromatic nitrogens is 2. The molecule has 2 aliphatic rings. The molecule has 12 heteroatoms. The van der Waals surface area contributed by atoms with Crippen molar-refractivity contribution in [2.24, 2.45) is 5.92 Å². The lowest BCUT2D eigenvalue weighted by molar-refractivity contribution is -0.133. The molecule has 0 atom stereocenters. The van der Waals surface area contributed by atoms with Crippen LogP contribution in [0.25, 0.3) is 11.0 Å². The third-order valence-electron chi connectivity index (χ3n) is 7.31. The number of rotatable bonds is 8. The molecule has 2 fully saturated rings. The first-order chi connectivity index (χ1) is 19.2. The van der Waals surface area contributed by atoms with E-state index in [2.05, 4.69) is 21.3 Å². The topological polar surface area (TPSA) is 103 Å². The van der Waals surface area contributed by atoms with E-state index >= 15 is 0 Å². The Hall–Kier alpha value is -3.66. The maximum Gasteiger partial charge on any atom is 0.272 e. The van der Waals surface area contributed by atoms with Crippen molar-refractivity contribution in [1.82, 2.24) is 19.4 Å². The molecule has 0 unspecified atom stereocenters. The molecule has 1 aromatic carbocycles. The van der Waals surface area contributed by atoms with Gasteiger partial charge in [0, 0.05) is 44.2 Å². The molecule has 2 aliphatic heterocycles. The molecule has 0 aliphatic carbocycles. The number of thiophene rings is 1. The smallest absolute Gasteiger partial charge is 0.272 e. The molecule has 2 aromatic heterocycles. The molecule has 40 heavy (non-hydrogen) atoms. The van der Waals surface area contributed by atoms with E-state index in [1.165, 1.54) is 12.1 Å². The van der Waals surface area contributed by atoms with Gasteiger partial charge in [0.2, 0.25) is 5.95 Å². The molecule has 0 saturated carbocycles. The number of hydrogen-bond donors (Lipinski definition) is 1. The van der Waals surface area contributed by atoms with E-state index in [1.54, 1.807) is 11.0 Å². The fourth-order valence-electron chi connectivity index (χ4n) is 5.12. The number of para-hydroxylation sites is 2. The van der Waals surface area contributed by atoms with Crippen LogP contribution in [0.15, 0.2) is 48.0 Å². The third kappa shape index (κ3) is 5.77. The second kappa shape index (κ2) is 11.4. The van der Waals surface area contributed by atoms with Gasteiger partial charge in [-0.2, -0.15) is 5.26 Å². The molecule has 4 heterocycles. The highest BCUT2D eigenvalue weighted by molar-refractivity contribution is 7.14. The Morgan fingerprint density at radius 2 is 1.95 bits per heavy atom. The number of carbonyl (C=O) groups excluding carboxylic acids is 2. The van der Waals surface area contributed by atoms with Crippen molar-refractivity contribution in [2.45, 2.75) is 32.4 Å². The first-order valence-electron chi connectivity index (χ1n) is 13.1. The van der Waals surface area contributed by atoms with E-state index in [9.17, 15) is 23.6 Å². The number of anilines is 1. The number of halogens is 2. The Morgan fingerprint density at radius 3 is 2.62 bits per heavy atom. The van der Waals surface area contributed by atoms with Crippen LogP contribution >= 0.6 is 11.3 Å². The second-order valence-corrected chi connectivity index (χ2v) is 11.6. The highest BCUT2D eigenvalue weighted by atomic mass is 32.1. The maximum atomic E-state index is 13.2. The van der Waals surface area contributed by atoms with Crippen LogP contribution in [-0.4, -0.2) is 76.1 Å². The number of carbonyl (C=O) groups is 2. The number of fused-ring (bicyclic) bond motifs is 1. The zero-order valence-electron chi connectivity index (χ0n) is 22.3. The predicted molar refractivity (Wildman–Crippen MR) is 147 cm³/mol. The van der Waals surface area contributed by atoms with Crippen LogP contribution in [-0.2, 0) is 16.1 Å². The van der Waals surface area contributed by atoms with Crippen LogP contribution < -0.4 is 5.32 Å². The summed E-state index contributed by atoms with van der Waals surface area (Å²) < 4.78 is 33.3. The fraction of sp³-hybridized carbons (Fsp3) is 0.429. The van der Waals surface area contributed by atoms with Crippen LogP contribution in [0.4, 0.5) is 14.7 Å².